The van der Waals surface area contributed by atoms with E-state index in [0.29, 0.717) is 30.7 Å². The molecule has 1 aromatic carbocycles. The number of nitrogens with zero attached hydrogens (tertiary/aromatic N) is 2. The smallest absolute Gasteiger partial charge is 0.270 e. The average Bonchev–Trinajstić information content (AvgIpc) is 2.56. The Morgan fingerprint density at radius 2 is 1.92 bits per heavy atom. The standard InChI is InChI=1S/C19H26N4O2/c1-5-25-16-8-6-15(7-9-16)22-19-21-14(4)12-17(23-19)18(24)20-11-10-13(2)3/h6-9,12-13H,5,10-11H2,1-4H3,(H,20,24)(H,21,22,23). The Balaban J connectivity index is 2.06. The van der Waals surface area contributed by atoms with Crippen molar-refractivity contribution in [2.24, 2.45) is 5.92 Å². The van der Waals surface area contributed by atoms with Gasteiger partial charge >= 0.3 is 0 Å². The molecule has 6 heteroatoms. The van der Waals surface area contributed by atoms with E-state index in [1.54, 1.807) is 6.07 Å². The lowest BCUT2D eigenvalue weighted by Crippen LogP contribution is -2.26. The SMILES string of the molecule is CCOc1ccc(Nc2nc(C)cc(C(=O)NCCC(C)C)n2)cc1. The summed E-state index contributed by atoms with van der Waals surface area (Å²) in [6, 6.07) is 9.22. The van der Waals surface area contributed by atoms with Gasteiger partial charge in [-0.2, -0.15) is 0 Å². The second-order valence-corrected chi connectivity index (χ2v) is 6.24. The summed E-state index contributed by atoms with van der Waals surface area (Å²) < 4.78 is 5.42. The number of anilines is 2. The third-order valence-corrected chi connectivity index (χ3v) is 3.52. The van der Waals surface area contributed by atoms with Gasteiger partial charge in [0.1, 0.15) is 11.4 Å². The van der Waals surface area contributed by atoms with Crippen LogP contribution in [0, 0.1) is 12.8 Å². The molecule has 0 aliphatic rings. The molecule has 2 rings (SSSR count). The number of hydrogen-bond acceptors (Lipinski definition) is 5. The topological polar surface area (TPSA) is 76.1 Å². The van der Waals surface area contributed by atoms with Crippen LogP contribution in [0.1, 0.15) is 43.4 Å². The minimum atomic E-state index is -0.180. The van der Waals surface area contributed by atoms with Crippen LogP contribution in [-0.2, 0) is 0 Å². The zero-order valence-electron chi connectivity index (χ0n) is 15.3. The van der Waals surface area contributed by atoms with E-state index in [4.69, 9.17) is 4.74 Å². The van der Waals surface area contributed by atoms with Gasteiger partial charge in [-0.05, 0) is 56.5 Å². The molecule has 25 heavy (non-hydrogen) atoms. The second kappa shape index (κ2) is 9.01. The highest BCUT2D eigenvalue weighted by Crippen LogP contribution is 2.18. The summed E-state index contributed by atoms with van der Waals surface area (Å²) in [5, 5.41) is 6.02. The van der Waals surface area contributed by atoms with Crippen LogP contribution < -0.4 is 15.4 Å². The first-order valence-corrected chi connectivity index (χ1v) is 8.61. The first-order chi connectivity index (χ1) is 12.0. The van der Waals surface area contributed by atoms with Crippen molar-refractivity contribution in [1.29, 1.82) is 0 Å². The highest BCUT2D eigenvalue weighted by Gasteiger charge is 2.11. The molecule has 0 bridgehead atoms. The molecule has 0 aliphatic heterocycles. The molecule has 0 spiro atoms. The summed E-state index contributed by atoms with van der Waals surface area (Å²) >= 11 is 0. The summed E-state index contributed by atoms with van der Waals surface area (Å²) in [5.74, 6) is 1.58. The molecular weight excluding hydrogens is 316 g/mol. The Kier molecular flexibility index (Phi) is 6.74. The van der Waals surface area contributed by atoms with Gasteiger partial charge in [0.2, 0.25) is 5.95 Å². The fourth-order valence-corrected chi connectivity index (χ4v) is 2.24. The number of benzene rings is 1. The van der Waals surface area contributed by atoms with Gasteiger partial charge in [0.25, 0.3) is 5.91 Å². The number of amides is 1. The number of carbonyl (C=O) groups excluding carboxylic acids is 1. The average molecular weight is 342 g/mol. The summed E-state index contributed by atoms with van der Waals surface area (Å²) in [4.78, 5) is 20.9. The van der Waals surface area contributed by atoms with Gasteiger partial charge in [-0.25, -0.2) is 9.97 Å². The van der Waals surface area contributed by atoms with E-state index in [1.807, 2.05) is 38.1 Å². The van der Waals surface area contributed by atoms with Crippen molar-refractivity contribution in [1.82, 2.24) is 15.3 Å². The van der Waals surface area contributed by atoms with E-state index in [0.717, 1.165) is 23.6 Å². The van der Waals surface area contributed by atoms with Crippen molar-refractivity contribution >= 4 is 17.5 Å². The third kappa shape index (κ3) is 6.06. The Morgan fingerprint density at radius 3 is 2.56 bits per heavy atom. The summed E-state index contributed by atoms with van der Waals surface area (Å²) in [7, 11) is 0. The fourth-order valence-electron chi connectivity index (χ4n) is 2.24. The lowest BCUT2D eigenvalue weighted by Gasteiger charge is -2.10. The van der Waals surface area contributed by atoms with Crippen LogP contribution >= 0.6 is 0 Å². The molecule has 0 fully saturated rings. The lowest BCUT2D eigenvalue weighted by atomic mass is 10.1. The maximum Gasteiger partial charge on any atom is 0.270 e. The van der Waals surface area contributed by atoms with Crippen molar-refractivity contribution < 1.29 is 9.53 Å². The normalized spacial score (nSPS) is 10.6. The van der Waals surface area contributed by atoms with E-state index in [1.165, 1.54) is 0 Å². The van der Waals surface area contributed by atoms with Crippen LogP contribution in [0.5, 0.6) is 5.75 Å². The predicted molar refractivity (Wildman–Crippen MR) is 99.5 cm³/mol. The van der Waals surface area contributed by atoms with E-state index in [-0.39, 0.29) is 5.91 Å². The second-order valence-electron chi connectivity index (χ2n) is 6.24. The molecule has 0 aliphatic carbocycles. The zero-order valence-corrected chi connectivity index (χ0v) is 15.3. The van der Waals surface area contributed by atoms with Crippen molar-refractivity contribution in [3.63, 3.8) is 0 Å². The molecule has 0 atom stereocenters. The van der Waals surface area contributed by atoms with Crippen LogP contribution in [0.25, 0.3) is 0 Å². The highest BCUT2D eigenvalue weighted by atomic mass is 16.5. The molecule has 0 saturated carbocycles. The Labute approximate surface area is 149 Å². The molecule has 6 nitrogen and oxygen atoms in total. The van der Waals surface area contributed by atoms with Crippen molar-refractivity contribution in [3.8, 4) is 5.75 Å². The Bertz CT molecular complexity index is 699. The van der Waals surface area contributed by atoms with E-state index < -0.39 is 0 Å². The van der Waals surface area contributed by atoms with E-state index in [2.05, 4.69) is 34.4 Å². The van der Waals surface area contributed by atoms with Gasteiger partial charge < -0.3 is 15.4 Å². The largest absolute Gasteiger partial charge is 0.494 e. The van der Waals surface area contributed by atoms with Crippen molar-refractivity contribution in [2.45, 2.75) is 34.1 Å². The number of nitrogens with one attached hydrogen (secondary N) is 2. The van der Waals surface area contributed by atoms with Crippen LogP contribution in [0.2, 0.25) is 0 Å². The maximum atomic E-state index is 12.3. The van der Waals surface area contributed by atoms with E-state index in [9.17, 15) is 4.79 Å². The van der Waals surface area contributed by atoms with Gasteiger partial charge in [0.15, 0.2) is 0 Å². The molecule has 134 valence electrons. The molecule has 1 aromatic heterocycles. The van der Waals surface area contributed by atoms with Crippen LogP contribution in [0.3, 0.4) is 0 Å². The molecule has 2 aromatic rings. The molecule has 0 saturated heterocycles. The molecule has 0 unspecified atom stereocenters. The monoisotopic (exact) mass is 342 g/mol. The van der Waals surface area contributed by atoms with Crippen LogP contribution in [0.15, 0.2) is 30.3 Å². The number of ether oxygens (including phenoxy) is 1. The number of rotatable bonds is 8. The molecule has 0 radical (unpaired) electrons. The first-order valence-electron chi connectivity index (χ1n) is 8.61. The van der Waals surface area contributed by atoms with E-state index >= 15 is 0 Å². The summed E-state index contributed by atoms with van der Waals surface area (Å²) in [6.07, 6.45) is 0.938. The fraction of sp³-hybridized carbons (Fsp3) is 0.421. The van der Waals surface area contributed by atoms with Gasteiger partial charge in [0.05, 0.1) is 6.61 Å². The number of hydrogen-bond donors (Lipinski definition) is 2. The van der Waals surface area contributed by atoms with Crippen LogP contribution in [0.4, 0.5) is 11.6 Å². The summed E-state index contributed by atoms with van der Waals surface area (Å²) in [6.45, 7) is 9.31. The van der Waals surface area contributed by atoms with Crippen molar-refractivity contribution in [2.75, 3.05) is 18.5 Å². The number of aryl methyl sites for hydroxylation is 1. The number of carbonyl (C=O) groups is 1. The Hall–Kier alpha value is -2.63. The molecule has 1 amide bonds. The number of aromatic nitrogens is 2. The molecular formula is C19H26N4O2. The third-order valence-electron chi connectivity index (χ3n) is 3.52. The van der Waals surface area contributed by atoms with Gasteiger partial charge in [-0.3, -0.25) is 4.79 Å². The lowest BCUT2D eigenvalue weighted by molar-refractivity contribution is 0.0947. The first kappa shape index (κ1) is 18.7. The van der Waals surface area contributed by atoms with Crippen molar-refractivity contribution in [3.05, 3.63) is 41.7 Å². The van der Waals surface area contributed by atoms with Gasteiger partial charge in [-0.15, -0.1) is 0 Å². The predicted octanol–water partition coefficient (Wildman–Crippen LogP) is 3.70. The van der Waals surface area contributed by atoms with Crippen LogP contribution in [-0.4, -0.2) is 29.0 Å². The summed E-state index contributed by atoms with van der Waals surface area (Å²) in [5.41, 5.74) is 1.93. The zero-order chi connectivity index (χ0) is 18.2. The van der Waals surface area contributed by atoms with Gasteiger partial charge in [-0.1, -0.05) is 13.8 Å². The molecule has 1 heterocycles. The highest BCUT2D eigenvalue weighted by molar-refractivity contribution is 5.92. The maximum absolute atomic E-state index is 12.3. The Morgan fingerprint density at radius 1 is 1.20 bits per heavy atom. The molecule has 2 N–H and O–H groups in total. The van der Waals surface area contributed by atoms with Gasteiger partial charge in [0, 0.05) is 17.9 Å². The minimum Gasteiger partial charge on any atom is -0.494 e. The minimum absolute atomic E-state index is 0.180. The quantitative estimate of drug-likeness (QED) is 0.765.